The van der Waals surface area contributed by atoms with E-state index in [1.165, 1.54) is 31.2 Å². The lowest BCUT2D eigenvalue weighted by Gasteiger charge is -2.38. The summed E-state index contributed by atoms with van der Waals surface area (Å²) in [7, 11) is 0. The largest absolute Gasteiger partial charge is 0.394 e. The standard InChI is InChI=1S/C18H27ClN2O/c19-16-5-3-15(4-6-16)13-21-11-7-17(8-12-21)20-18(14-22)9-1-2-10-18/h3-6,17,20,22H,1-2,7-14H2. The Morgan fingerprint density at radius 3 is 2.36 bits per heavy atom. The minimum absolute atomic E-state index is 0.0169. The molecule has 122 valence electrons. The fourth-order valence-corrected chi connectivity index (χ4v) is 4.04. The van der Waals surface area contributed by atoms with E-state index in [0.717, 1.165) is 37.5 Å². The minimum atomic E-state index is 0.0169. The summed E-state index contributed by atoms with van der Waals surface area (Å²) in [5.41, 5.74) is 1.35. The van der Waals surface area contributed by atoms with Crippen LogP contribution in [0.3, 0.4) is 0 Å². The third-order valence-corrected chi connectivity index (χ3v) is 5.53. The van der Waals surface area contributed by atoms with Crippen molar-refractivity contribution >= 4 is 11.6 Å². The summed E-state index contributed by atoms with van der Waals surface area (Å²) >= 11 is 5.94. The number of aliphatic hydroxyl groups is 1. The average Bonchev–Trinajstić information content (AvgIpc) is 3.01. The number of halogens is 1. The molecule has 2 N–H and O–H groups in total. The summed E-state index contributed by atoms with van der Waals surface area (Å²) in [5.74, 6) is 0. The Bertz CT molecular complexity index is 462. The lowest BCUT2D eigenvalue weighted by molar-refractivity contribution is 0.120. The maximum Gasteiger partial charge on any atom is 0.0613 e. The number of likely N-dealkylation sites (tertiary alicyclic amines) is 1. The van der Waals surface area contributed by atoms with Crippen LogP contribution in [0.2, 0.25) is 5.02 Å². The van der Waals surface area contributed by atoms with Crippen molar-refractivity contribution in [2.75, 3.05) is 19.7 Å². The summed E-state index contributed by atoms with van der Waals surface area (Å²) < 4.78 is 0. The first-order chi connectivity index (χ1) is 10.7. The van der Waals surface area contributed by atoms with E-state index >= 15 is 0 Å². The van der Waals surface area contributed by atoms with E-state index in [9.17, 15) is 5.11 Å². The number of aliphatic hydroxyl groups excluding tert-OH is 1. The van der Waals surface area contributed by atoms with Gasteiger partial charge in [-0.15, -0.1) is 0 Å². The topological polar surface area (TPSA) is 35.5 Å². The van der Waals surface area contributed by atoms with Crippen molar-refractivity contribution in [3.8, 4) is 0 Å². The van der Waals surface area contributed by atoms with Gasteiger partial charge in [-0.25, -0.2) is 0 Å². The predicted molar refractivity (Wildman–Crippen MR) is 91.2 cm³/mol. The molecular formula is C18H27ClN2O. The molecule has 0 spiro atoms. The van der Waals surface area contributed by atoms with Crippen molar-refractivity contribution in [1.29, 1.82) is 0 Å². The Balaban J connectivity index is 1.47. The highest BCUT2D eigenvalue weighted by Crippen LogP contribution is 2.30. The second kappa shape index (κ2) is 7.31. The molecule has 1 saturated carbocycles. The Kier molecular flexibility index (Phi) is 5.40. The third kappa shape index (κ3) is 4.02. The van der Waals surface area contributed by atoms with Gasteiger partial charge in [0.25, 0.3) is 0 Å². The first-order valence-electron chi connectivity index (χ1n) is 8.54. The number of hydrogen-bond donors (Lipinski definition) is 2. The molecule has 3 nitrogen and oxygen atoms in total. The van der Waals surface area contributed by atoms with Gasteiger partial charge in [0.1, 0.15) is 0 Å². The molecule has 2 aliphatic rings. The normalized spacial score (nSPS) is 23.0. The highest BCUT2D eigenvalue weighted by molar-refractivity contribution is 6.30. The van der Waals surface area contributed by atoms with Gasteiger partial charge in [0, 0.05) is 23.1 Å². The maximum absolute atomic E-state index is 9.73. The number of benzene rings is 1. The summed E-state index contributed by atoms with van der Waals surface area (Å²) in [6, 6.07) is 8.73. The van der Waals surface area contributed by atoms with E-state index in [-0.39, 0.29) is 12.1 Å². The molecule has 1 aromatic rings. The maximum atomic E-state index is 9.73. The van der Waals surface area contributed by atoms with Crippen molar-refractivity contribution in [3.05, 3.63) is 34.9 Å². The van der Waals surface area contributed by atoms with Crippen molar-refractivity contribution in [2.45, 2.75) is 56.7 Å². The van der Waals surface area contributed by atoms with Gasteiger partial charge < -0.3 is 10.4 Å². The molecule has 1 heterocycles. The molecule has 0 atom stereocenters. The molecule has 0 amide bonds. The lowest BCUT2D eigenvalue weighted by Crippen LogP contribution is -2.54. The summed E-state index contributed by atoms with van der Waals surface area (Å²) in [6.07, 6.45) is 7.12. The van der Waals surface area contributed by atoms with Crippen LogP contribution in [-0.2, 0) is 6.54 Å². The molecule has 0 aromatic heterocycles. The van der Waals surface area contributed by atoms with Gasteiger partial charge in [0.2, 0.25) is 0 Å². The zero-order chi connectivity index (χ0) is 15.4. The lowest BCUT2D eigenvalue weighted by atomic mass is 9.94. The molecular weight excluding hydrogens is 296 g/mol. The van der Waals surface area contributed by atoms with Gasteiger partial charge >= 0.3 is 0 Å². The molecule has 0 unspecified atom stereocenters. The Morgan fingerprint density at radius 1 is 1.14 bits per heavy atom. The smallest absolute Gasteiger partial charge is 0.0613 e. The van der Waals surface area contributed by atoms with Crippen LogP contribution in [0, 0.1) is 0 Å². The molecule has 1 aliphatic carbocycles. The second-order valence-corrected chi connectivity index (χ2v) is 7.40. The van der Waals surface area contributed by atoms with Crippen molar-refractivity contribution < 1.29 is 5.11 Å². The van der Waals surface area contributed by atoms with Gasteiger partial charge in [0.15, 0.2) is 0 Å². The number of nitrogens with zero attached hydrogens (tertiary/aromatic N) is 1. The molecule has 3 rings (SSSR count). The highest BCUT2D eigenvalue weighted by Gasteiger charge is 2.35. The zero-order valence-corrected chi connectivity index (χ0v) is 14.0. The molecule has 2 fully saturated rings. The Hall–Kier alpha value is -0.610. The molecule has 0 bridgehead atoms. The quantitative estimate of drug-likeness (QED) is 0.874. The van der Waals surface area contributed by atoms with Crippen LogP contribution in [0.1, 0.15) is 44.1 Å². The van der Waals surface area contributed by atoms with Crippen LogP contribution < -0.4 is 5.32 Å². The van der Waals surface area contributed by atoms with Gasteiger partial charge in [-0.2, -0.15) is 0 Å². The van der Waals surface area contributed by atoms with Gasteiger partial charge in [-0.05, 0) is 56.5 Å². The van der Waals surface area contributed by atoms with Gasteiger partial charge in [-0.3, -0.25) is 4.90 Å². The van der Waals surface area contributed by atoms with E-state index in [1.54, 1.807) is 0 Å². The molecule has 0 radical (unpaired) electrons. The molecule has 1 saturated heterocycles. The van der Waals surface area contributed by atoms with E-state index in [2.05, 4.69) is 22.3 Å². The first-order valence-corrected chi connectivity index (χ1v) is 8.92. The fourth-order valence-electron chi connectivity index (χ4n) is 3.92. The van der Waals surface area contributed by atoms with E-state index < -0.39 is 0 Å². The van der Waals surface area contributed by atoms with Crippen LogP contribution in [0.15, 0.2) is 24.3 Å². The number of nitrogens with one attached hydrogen (secondary N) is 1. The Morgan fingerprint density at radius 2 is 1.77 bits per heavy atom. The van der Waals surface area contributed by atoms with Gasteiger partial charge in [-0.1, -0.05) is 36.6 Å². The van der Waals surface area contributed by atoms with Crippen LogP contribution in [0.25, 0.3) is 0 Å². The Labute approximate surface area is 138 Å². The predicted octanol–water partition coefficient (Wildman–Crippen LogP) is 3.20. The van der Waals surface area contributed by atoms with E-state index in [1.807, 2.05) is 12.1 Å². The van der Waals surface area contributed by atoms with Crippen molar-refractivity contribution in [2.24, 2.45) is 0 Å². The van der Waals surface area contributed by atoms with E-state index in [0.29, 0.717) is 6.04 Å². The zero-order valence-electron chi connectivity index (χ0n) is 13.2. The summed E-state index contributed by atoms with van der Waals surface area (Å²) in [6.45, 7) is 3.55. The summed E-state index contributed by atoms with van der Waals surface area (Å²) in [5, 5.41) is 14.3. The van der Waals surface area contributed by atoms with Crippen LogP contribution in [0.4, 0.5) is 0 Å². The van der Waals surface area contributed by atoms with E-state index in [4.69, 9.17) is 11.6 Å². The second-order valence-electron chi connectivity index (χ2n) is 6.97. The third-order valence-electron chi connectivity index (χ3n) is 5.28. The highest BCUT2D eigenvalue weighted by atomic mass is 35.5. The SMILES string of the molecule is OCC1(NC2CCN(Cc3ccc(Cl)cc3)CC2)CCCC1. The molecule has 4 heteroatoms. The monoisotopic (exact) mass is 322 g/mol. The molecule has 1 aliphatic heterocycles. The van der Waals surface area contributed by atoms with Crippen molar-refractivity contribution in [1.82, 2.24) is 10.2 Å². The van der Waals surface area contributed by atoms with Crippen LogP contribution >= 0.6 is 11.6 Å². The number of piperidine rings is 1. The summed E-state index contributed by atoms with van der Waals surface area (Å²) in [4.78, 5) is 2.52. The van der Waals surface area contributed by atoms with Crippen LogP contribution in [0.5, 0.6) is 0 Å². The average molecular weight is 323 g/mol. The first kappa shape index (κ1) is 16.3. The minimum Gasteiger partial charge on any atom is -0.394 e. The van der Waals surface area contributed by atoms with Crippen molar-refractivity contribution in [3.63, 3.8) is 0 Å². The van der Waals surface area contributed by atoms with Gasteiger partial charge in [0.05, 0.1) is 6.61 Å². The van der Waals surface area contributed by atoms with Crippen LogP contribution in [-0.4, -0.2) is 41.3 Å². The fraction of sp³-hybridized carbons (Fsp3) is 0.667. The molecule has 1 aromatic carbocycles. The number of hydrogen-bond acceptors (Lipinski definition) is 3. The molecule has 22 heavy (non-hydrogen) atoms. The number of rotatable bonds is 5.